The Kier molecular flexibility index (Phi) is 5.32. The molecule has 3 heterocycles. The highest BCUT2D eigenvalue weighted by atomic mass is 16.2. The van der Waals surface area contributed by atoms with Gasteiger partial charge in [-0.1, -0.05) is 18.2 Å². The van der Waals surface area contributed by atoms with Gasteiger partial charge in [0.05, 0.1) is 11.4 Å². The molecule has 2 fully saturated rings. The summed E-state index contributed by atoms with van der Waals surface area (Å²) in [5, 5.41) is 4.51. The van der Waals surface area contributed by atoms with Gasteiger partial charge in [-0.3, -0.25) is 14.6 Å². The molecular formula is C25H28N4O2. The maximum Gasteiger partial charge on any atom is 0.250 e. The third kappa shape index (κ3) is 4.00. The normalized spacial score (nSPS) is 21.2. The Balaban J connectivity index is 1.45. The Bertz CT molecular complexity index is 1160. The Morgan fingerprint density at radius 2 is 2.06 bits per heavy atom. The summed E-state index contributed by atoms with van der Waals surface area (Å²) in [4.78, 5) is 32.6. The van der Waals surface area contributed by atoms with Crippen LogP contribution in [0.25, 0.3) is 10.9 Å². The Hall–Kier alpha value is -2.99. The van der Waals surface area contributed by atoms with Gasteiger partial charge in [-0.2, -0.15) is 0 Å². The number of amides is 1. The van der Waals surface area contributed by atoms with E-state index in [-0.39, 0.29) is 23.3 Å². The molecule has 0 spiro atoms. The second-order valence-corrected chi connectivity index (χ2v) is 8.80. The molecule has 1 aliphatic carbocycles. The number of aromatic nitrogens is 2. The number of aryl methyl sites for hydroxylation is 1. The molecule has 6 heteroatoms. The predicted octanol–water partition coefficient (Wildman–Crippen LogP) is 2.82. The van der Waals surface area contributed by atoms with Gasteiger partial charge in [0, 0.05) is 50.0 Å². The van der Waals surface area contributed by atoms with Crippen molar-refractivity contribution in [2.24, 2.45) is 13.0 Å². The molecule has 1 saturated carbocycles. The summed E-state index contributed by atoms with van der Waals surface area (Å²) in [5.41, 5.74) is 3.05. The minimum atomic E-state index is -0.158. The molecule has 6 nitrogen and oxygen atoms in total. The van der Waals surface area contributed by atoms with E-state index in [1.807, 2.05) is 30.5 Å². The van der Waals surface area contributed by atoms with Crippen molar-refractivity contribution in [1.29, 1.82) is 0 Å². The molecule has 31 heavy (non-hydrogen) atoms. The monoisotopic (exact) mass is 416 g/mol. The number of carbonyl (C=O) groups is 1. The molecule has 160 valence electrons. The van der Waals surface area contributed by atoms with Crippen molar-refractivity contribution in [3.8, 4) is 0 Å². The van der Waals surface area contributed by atoms with Gasteiger partial charge < -0.3 is 14.8 Å². The number of carbonyl (C=O) groups excluding carboxylic acids is 1. The van der Waals surface area contributed by atoms with Crippen LogP contribution in [0.4, 0.5) is 0 Å². The van der Waals surface area contributed by atoms with E-state index >= 15 is 0 Å². The molecule has 1 aliphatic heterocycles. The molecular weight excluding hydrogens is 388 g/mol. The van der Waals surface area contributed by atoms with Crippen LogP contribution in [0, 0.1) is 5.92 Å². The molecule has 1 aromatic carbocycles. The lowest BCUT2D eigenvalue weighted by Gasteiger charge is -2.36. The number of nitrogens with zero attached hydrogens (tertiary/aromatic N) is 3. The van der Waals surface area contributed by atoms with Crippen molar-refractivity contribution >= 4 is 16.8 Å². The average Bonchev–Trinajstić information content (AvgIpc) is 3.64. The van der Waals surface area contributed by atoms with Crippen LogP contribution in [-0.4, -0.2) is 39.5 Å². The first-order valence-electron chi connectivity index (χ1n) is 11.1. The summed E-state index contributed by atoms with van der Waals surface area (Å²) in [7, 11) is 1.76. The minimum Gasteiger partial charge on any atom is -0.335 e. The van der Waals surface area contributed by atoms with E-state index in [4.69, 9.17) is 0 Å². The molecule has 0 radical (unpaired) electrons. The summed E-state index contributed by atoms with van der Waals surface area (Å²) >= 11 is 0. The van der Waals surface area contributed by atoms with Crippen LogP contribution in [-0.2, 0) is 18.4 Å². The summed E-state index contributed by atoms with van der Waals surface area (Å²) < 4.78 is 1.58. The number of benzene rings is 1. The molecule has 1 saturated heterocycles. The first-order valence-corrected chi connectivity index (χ1v) is 11.1. The van der Waals surface area contributed by atoms with Gasteiger partial charge in [0.1, 0.15) is 0 Å². The van der Waals surface area contributed by atoms with Crippen LogP contribution in [0.1, 0.15) is 36.3 Å². The molecule has 2 aliphatic rings. The Morgan fingerprint density at radius 3 is 2.87 bits per heavy atom. The zero-order valence-electron chi connectivity index (χ0n) is 17.8. The summed E-state index contributed by atoms with van der Waals surface area (Å²) in [6.45, 7) is 2.12. The van der Waals surface area contributed by atoms with Gasteiger partial charge in [-0.05, 0) is 61.1 Å². The maximum absolute atomic E-state index is 13.8. The van der Waals surface area contributed by atoms with Crippen molar-refractivity contribution in [2.45, 2.75) is 37.8 Å². The molecule has 1 N–H and O–H groups in total. The van der Waals surface area contributed by atoms with Crippen LogP contribution in [0.5, 0.6) is 0 Å². The van der Waals surface area contributed by atoms with Crippen LogP contribution >= 0.6 is 0 Å². The fourth-order valence-electron chi connectivity index (χ4n) is 4.79. The molecule has 2 atom stereocenters. The number of pyridine rings is 2. The van der Waals surface area contributed by atoms with Gasteiger partial charge >= 0.3 is 0 Å². The van der Waals surface area contributed by atoms with E-state index in [1.165, 1.54) is 0 Å². The topological polar surface area (TPSA) is 67.2 Å². The molecule has 5 rings (SSSR count). The molecule has 0 bridgehead atoms. The largest absolute Gasteiger partial charge is 0.335 e. The smallest absolute Gasteiger partial charge is 0.250 e. The van der Waals surface area contributed by atoms with E-state index in [9.17, 15) is 9.59 Å². The first-order chi connectivity index (χ1) is 15.1. The van der Waals surface area contributed by atoms with E-state index in [2.05, 4.69) is 27.3 Å². The van der Waals surface area contributed by atoms with Crippen molar-refractivity contribution in [3.63, 3.8) is 0 Å². The highest BCUT2D eigenvalue weighted by Gasteiger charge is 2.40. The van der Waals surface area contributed by atoms with E-state index < -0.39 is 0 Å². The van der Waals surface area contributed by atoms with Crippen molar-refractivity contribution < 1.29 is 4.79 Å². The third-order valence-electron chi connectivity index (χ3n) is 6.70. The van der Waals surface area contributed by atoms with Crippen molar-refractivity contribution in [2.75, 3.05) is 13.1 Å². The lowest BCUT2D eigenvalue weighted by molar-refractivity contribution is -0.138. The molecule has 0 unspecified atom stereocenters. The summed E-state index contributed by atoms with van der Waals surface area (Å²) in [6.07, 6.45) is 6.60. The van der Waals surface area contributed by atoms with E-state index in [1.54, 1.807) is 23.9 Å². The van der Waals surface area contributed by atoms with Crippen LogP contribution in [0.15, 0.2) is 59.7 Å². The SMILES string of the molecule is Cn1ccc([C@@H]2CCNC[C@H]2C(=O)N(Cc2cccc3ncccc23)C2CC2)cc1=O. The standard InChI is InChI=1S/C25H28N4O2/c1-28-13-10-17(14-24(28)30)20-9-12-26-15-22(20)25(31)29(19-7-8-19)16-18-4-2-6-23-21(18)5-3-11-27-23/h2-6,10-11,13-14,19-20,22,26H,7-9,12,15-16H2,1H3/t20-,22+/m0/s1. The van der Waals surface area contributed by atoms with Crippen LogP contribution in [0.3, 0.4) is 0 Å². The number of nitrogens with one attached hydrogen (secondary N) is 1. The van der Waals surface area contributed by atoms with Crippen molar-refractivity contribution in [3.05, 3.63) is 76.3 Å². The lowest BCUT2D eigenvalue weighted by atomic mass is 9.80. The lowest BCUT2D eigenvalue weighted by Crippen LogP contribution is -2.47. The number of hydrogen-bond donors (Lipinski definition) is 1. The number of piperidine rings is 1. The second-order valence-electron chi connectivity index (χ2n) is 8.80. The zero-order valence-corrected chi connectivity index (χ0v) is 17.8. The number of rotatable bonds is 5. The third-order valence-corrected chi connectivity index (χ3v) is 6.70. The van der Waals surface area contributed by atoms with Gasteiger partial charge in [0.15, 0.2) is 0 Å². The Labute approximate surface area is 181 Å². The maximum atomic E-state index is 13.8. The number of hydrogen-bond acceptors (Lipinski definition) is 4. The molecule has 1 amide bonds. The van der Waals surface area contributed by atoms with Crippen LogP contribution < -0.4 is 10.9 Å². The zero-order chi connectivity index (χ0) is 21.4. The van der Waals surface area contributed by atoms with E-state index in [0.29, 0.717) is 19.1 Å². The predicted molar refractivity (Wildman–Crippen MR) is 121 cm³/mol. The Morgan fingerprint density at radius 1 is 1.19 bits per heavy atom. The van der Waals surface area contributed by atoms with Crippen LogP contribution in [0.2, 0.25) is 0 Å². The van der Waals surface area contributed by atoms with Gasteiger partial charge in [0.2, 0.25) is 5.91 Å². The summed E-state index contributed by atoms with van der Waals surface area (Å²) in [5.74, 6) is 0.105. The minimum absolute atomic E-state index is 0.0236. The van der Waals surface area contributed by atoms with Gasteiger partial charge in [-0.25, -0.2) is 0 Å². The van der Waals surface area contributed by atoms with Gasteiger partial charge in [0.25, 0.3) is 5.56 Å². The highest BCUT2D eigenvalue weighted by Crippen LogP contribution is 2.36. The fourth-order valence-corrected chi connectivity index (χ4v) is 4.79. The van der Waals surface area contributed by atoms with E-state index in [0.717, 1.165) is 47.8 Å². The van der Waals surface area contributed by atoms with Gasteiger partial charge in [-0.15, -0.1) is 0 Å². The fraction of sp³-hybridized carbons (Fsp3) is 0.400. The molecule has 2 aromatic heterocycles. The highest BCUT2D eigenvalue weighted by molar-refractivity contribution is 5.84. The quantitative estimate of drug-likeness (QED) is 0.695. The van der Waals surface area contributed by atoms with Crippen molar-refractivity contribution in [1.82, 2.24) is 19.8 Å². The average molecular weight is 417 g/mol. The molecule has 3 aromatic rings. The summed E-state index contributed by atoms with van der Waals surface area (Å²) in [6, 6.07) is 14.2. The first kappa shape index (κ1) is 19.9. The number of fused-ring (bicyclic) bond motifs is 1. The second kappa shape index (κ2) is 8.27.